The molecule has 0 amide bonds. The van der Waals surface area contributed by atoms with Gasteiger partial charge in [0.2, 0.25) is 0 Å². The molecule has 0 saturated heterocycles. The van der Waals surface area contributed by atoms with E-state index in [1.54, 1.807) is 24.3 Å². The van der Waals surface area contributed by atoms with E-state index < -0.39 is 17.5 Å². The first kappa shape index (κ1) is 25.4. The third-order valence-corrected chi connectivity index (χ3v) is 6.50. The van der Waals surface area contributed by atoms with Gasteiger partial charge in [0.05, 0.1) is 13.7 Å². The molecule has 0 aliphatic heterocycles. The van der Waals surface area contributed by atoms with Crippen molar-refractivity contribution in [3.05, 3.63) is 143 Å². The van der Waals surface area contributed by atoms with E-state index in [2.05, 4.69) is 0 Å². The van der Waals surface area contributed by atoms with Crippen LogP contribution in [0.25, 0.3) is 0 Å². The highest BCUT2D eigenvalue weighted by Gasteiger charge is 2.51. The van der Waals surface area contributed by atoms with E-state index in [1.165, 1.54) is 7.11 Å². The maximum absolute atomic E-state index is 13.8. The summed E-state index contributed by atoms with van der Waals surface area (Å²) in [6, 6.07) is 35.1. The average molecular weight is 499 g/mol. The van der Waals surface area contributed by atoms with Crippen LogP contribution in [0.3, 0.4) is 0 Å². The molecule has 0 unspecified atom stereocenters. The summed E-state index contributed by atoms with van der Waals surface area (Å²) < 4.78 is 12.0. The maximum atomic E-state index is 13.8. The van der Waals surface area contributed by atoms with Gasteiger partial charge in [-0.15, -0.1) is 0 Å². The van der Waals surface area contributed by atoms with Gasteiger partial charge < -0.3 is 9.47 Å². The molecule has 0 bridgehead atoms. The summed E-state index contributed by atoms with van der Waals surface area (Å²) in [7, 11) is 1.34. The monoisotopic (exact) mass is 498 g/mol. The van der Waals surface area contributed by atoms with Crippen LogP contribution in [0.15, 0.2) is 115 Å². The lowest BCUT2D eigenvalue weighted by Crippen LogP contribution is -2.46. The van der Waals surface area contributed by atoms with Crippen LogP contribution in [-0.2, 0) is 26.5 Å². The third-order valence-electron chi connectivity index (χ3n) is 6.25. The number of hydrogen-bond donors (Lipinski definition) is 0. The molecule has 182 valence electrons. The van der Waals surface area contributed by atoms with Crippen LogP contribution in [0.2, 0.25) is 5.02 Å². The Morgan fingerprint density at radius 2 is 1.33 bits per heavy atom. The number of hydrogen-bond acceptors (Lipinski definition) is 4. The summed E-state index contributed by atoms with van der Waals surface area (Å²) in [5.74, 6) is -1.36. The molecule has 2 atom stereocenters. The van der Waals surface area contributed by atoms with Gasteiger partial charge in [-0.05, 0) is 41.0 Å². The molecule has 4 rings (SSSR count). The maximum Gasteiger partial charge on any atom is 0.343 e. The smallest absolute Gasteiger partial charge is 0.343 e. The first-order valence-electron chi connectivity index (χ1n) is 11.7. The Bertz CT molecular complexity index is 1270. The number of rotatable bonds is 10. The first-order chi connectivity index (χ1) is 17.5. The largest absolute Gasteiger partial charge is 0.467 e. The number of ketones is 1. The predicted molar refractivity (Wildman–Crippen MR) is 141 cm³/mol. The van der Waals surface area contributed by atoms with Crippen molar-refractivity contribution in [3.63, 3.8) is 0 Å². The van der Waals surface area contributed by atoms with Gasteiger partial charge in [-0.25, -0.2) is 4.79 Å². The fourth-order valence-electron chi connectivity index (χ4n) is 4.43. The first-order valence-corrected chi connectivity index (χ1v) is 12.1. The summed E-state index contributed by atoms with van der Waals surface area (Å²) in [5.41, 5.74) is 1.25. The van der Waals surface area contributed by atoms with Crippen molar-refractivity contribution in [1.29, 1.82) is 0 Å². The summed E-state index contributed by atoms with van der Waals surface area (Å²) in [6.45, 7) is 0.156. The van der Waals surface area contributed by atoms with E-state index in [1.807, 2.05) is 91.0 Å². The van der Waals surface area contributed by atoms with Crippen LogP contribution in [0.1, 0.15) is 39.4 Å². The van der Waals surface area contributed by atoms with Crippen LogP contribution in [-0.4, -0.2) is 18.9 Å². The Labute approximate surface area is 216 Å². The standard InChI is InChI=1S/C31H27ClO4/c1-35-30(34)31(26-15-9-4-10-16-26,36-22-23-11-5-2-6-12-23)28(24-13-7-3-8-14-24)21-29(33)25-17-19-27(32)20-18-25/h2-20,28H,21-22H2,1H3/t28-,31+/m0/s1. The normalized spacial score (nSPS) is 13.4. The van der Waals surface area contributed by atoms with Crippen molar-refractivity contribution in [2.45, 2.75) is 24.5 Å². The van der Waals surface area contributed by atoms with Crippen molar-refractivity contribution in [2.75, 3.05) is 7.11 Å². The zero-order valence-corrected chi connectivity index (χ0v) is 20.7. The van der Waals surface area contributed by atoms with Crippen molar-refractivity contribution in [1.82, 2.24) is 0 Å². The Kier molecular flexibility index (Phi) is 8.32. The minimum atomic E-state index is -1.57. The number of esters is 1. The summed E-state index contributed by atoms with van der Waals surface area (Å²) in [6.07, 6.45) is 0.0183. The number of carbonyl (C=O) groups is 2. The van der Waals surface area contributed by atoms with Gasteiger partial charge in [-0.2, -0.15) is 0 Å². The van der Waals surface area contributed by atoms with Gasteiger partial charge in [0.15, 0.2) is 11.4 Å². The number of methoxy groups -OCH3 is 1. The Balaban J connectivity index is 1.86. The van der Waals surface area contributed by atoms with E-state index in [4.69, 9.17) is 21.1 Å². The van der Waals surface area contributed by atoms with E-state index in [9.17, 15) is 9.59 Å². The van der Waals surface area contributed by atoms with Gasteiger partial charge in [-0.1, -0.05) is 103 Å². The lowest BCUT2D eigenvalue weighted by atomic mass is 9.73. The fraction of sp³-hybridized carbons (Fsp3) is 0.161. The van der Waals surface area contributed by atoms with Gasteiger partial charge in [0.25, 0.3) is 0 Å². The molecular weight excluding hydrogens is 472 g/mol. The Morgan fingerprint density at radius 3 is 1.92 bits per heavy atom. The van der Waals surface area contributed by atoms with Crippen LogP contribution < -0.4 is 0 Å². The second-order valence-electron chi connectivity index (χ2n) is 8.46. The lowest BCUT2D eigenvalue weighted by molar-refractivity contribution is -0.178. The number of carbonyl (C=O) groups excluding carboxylic acids is 2. The highest BCUT2D eigenvalue weighted by Crippen LogP contribution is 2.45. The number of Topliss-reactive ketones (excluding diaryl/α,β-unsaturated/α-hetero) is 1. The van der Waals surface area contributed by atoms with E-state index >= 15 is 0 Å². The lowest BCUT2D eigenvalue weighted by Gasteiger charge is -2.39. The van der Waals surface area contributed by atoms with E-state index in [-0.39, 0.29) is 18.8 Å². The quantitative estimate of drug-likeness (QED) is 0.175. The molecule has 36 heavy (non-hydrogen) atoms. The number of benzene rings is 4. The van der Waals surface area contributed by atoms with Crippen molar-refractivity contribution >= 4 is 23.4 Å². The second-order valence-corrected chi connectivity index (χ2v) is 8.90. The number of ether oxygens (including phenoxy) is 2. The van der Waals surface area contributed by atoms with Crippen LogP contribution >= 0.6 is 11.6 Å². The van der Waals surface area contributed by atoms with Crippen LogP contribution in [0, 0.1) is 0 Å². The zero-order chi connectivity index (χ0) is 25.4. The van der Waals surface area contributed by atoms with Crippen LogP contribution in [0.5, 0.6) is 0 Å². The van der Waals surface area contributed by atoms with E-state index in [0.29, 0.717) is 16.1 Å². The molecule has 0 aromatic heterocycles. The molecule has 0 aliphatic carbocycles. The molecule has 4 nitrogen and oxygen atoms in total. The van der Waals surface area contributed by atoms with Crippen molar-refractivity contribution in [2.24, 2.45) is 0 Å². The van der Waals surface area contributed by atoms with Gasteiger partial charge in [0, 0.05) is 22.9 Å². The molecule has 4 aromatic carbocycles. The Morgan fingerprint density at radius 1 is 0.778 bits per heavy atom. The molecule has 0 saturated carbocycles. The molecule has 0 spiro atoms. The highest BCUT2D eigenvalue weighted by atomic mass is 35.5. The topological polar surface area (TPSA) is 52.6 Å². The summed E-state index contributed by atoms with van der Waals surface area (Å²) in [5, 5.41) is 0.547. The van der Waals surface area contributed by atoms with Crippen molar-refractivity contribution in [3.8, 4) is 0 Å². The third kappa shape index (κ3) is 5.56. The van der Waals surface area contributed by atoms with E-state index in [0.717, 1.165) is 11.1 Å². The molecule has 4 aromatic rings. The molecule has 0 radical (unpaired) electrons. The predicted octanol–water partition coefficient (Wildman–Crippen LogP) is 6.98. The molecule has 5 heteroatoms. The zero-order valence-electron chi connectivity index (χ0n) is 20.0. The van der Waals surface area contributed by atoms with Gasteiger partial charge in [0.1, 0.15) is 0 Å². The SMILES string of the molecule is COC(=O)[C@@](OCc1ccccc1)(c1ccccc1)[C@@H](CC(=O)c1ccc(Cl)cc1)c1ccccc1. The number of halogens is 1. The molecule has 0 fully saturated rings. The molecule has 0 heterocycles. The second kappa shape index (κ2) is 11.8. The molecule has 0 N–H and O–H groups in total. The Hall–Kier alpha value is -3.73. The highest BCUT2D eigenvalue weighted by molar-refractivity contribution is 6.30. The van der Waals surface area contributed by atoms with Gasteiger partial charge in [-0.3, -0.25) is 4.79 Å². The summed E-state index contributed by atoms with van der Waals surface area (Å²) >= 11 is 6.04. The minimum absolute atomic E-state index is 0.0183. The molecular formula is C31H27ClO4. The minimum Gasteiger partial charge on any atom is -0.467 e. The van der Waals surface area contributed by atoms with Crippen LogP contribution in [0.4, 0.5) is 0 Å². The van der Waals surface area contributed by atoms with Gasteiger partial charge >= 0.3 is 5.97 Å². The fourth-order valence-corrected chi connectivity index (χ4v) is 4.56. The van der Waals surface area contributed by atoms with Crippen molar-refractivity contribution < 1.29 is 19.1 Å². The molecule has 0 aliphatic rings. The average Bonchev–Trinajstić information content (AvgIpc) is 2.94. The summed E-state index contributed by atoms with van der Waals surface area (Å²) in [4.78, 5) is 27.3.